The van der Waals surface area contributed by atoms with Crippen molar-refractivity contribution in [1.29, 1.82) is 0 Å². The van der Waals surface area contributed by atoms with Crippen LogP contribution in [0, 0.1) is 5.92 Å². The lowest BCUT2D eigenvalue weighted by Gasteiger charge is -2.39. The minimum Gasteiger partial charge on any atom is -0.381 e. The quantitative estimate of drug-likeness (QED) is 0.848. The van der Waals surface area contributed by atoms with Crippen molar-refractivity contribution in [2.24, 2.45) is 5.92 Å². The van der Waals surface area contributed by atoms with Gasteiger partial charge in [0.15, 0.2) is 0 Å². The zero-order valence-corrected chi connectivity index (χ0v) is 16.2. The van der Waals surface area contributed by atoms with Gasteiger partial charge in [0.2, 0.25) is 5.91 Å². The van der Waals surface area contributed by atoms with Crippen LogP contribution in [0.2, 0.25) is 0 Å². The van der Waals surface area contributed by atoms with Gasteiger partial charge in [0.25, 0.3) is 0 Å². The summed E-state index contributed by atoms with van der Waals surface area (Å²) in [5, 5.41) is 3.13. The molecule has 0 aliphatic carbocycles. The van der Waals surface area contributed by atoms with E-state index in [1.165, 1.54) is 24.9 Å². The van der Waals surface area contributed by atoms with Crippen LogP contribution in [0.25, 0.3) is 0 Å². The summed E-state index contributed by atoms with van der Waals surface area (Å²) >= 11 is 0. The fourth-order valence-electron chi connectivity index (χ4n) is 3.98. The molecule has 0 bridgehead atoms. The van der Waals surface area contributed by atoms with Crippen LogP contribution in [-0.2, 0) is 16.0 Å². The van der Waals surface area contributed by atoms with Gasteiger partial charge in [-0.15, -0.1) is 0 Å². The third kappa shape index (κ3) is 5.06. The first-order valence-corrected chi connectivity index (χ1v) is 10.1. The van der Waals surface area contributed by atoms with Gasteiger partial charge in [-0.1, -0.05) is 25.1 Å². The highest BCUT2D eigenvalue weighted by atomic mass is 16.5. The van der Waals surface area contributed by atoms with Gasteiger partial charge < -0.3 is 15.0 Å². The maximum atomic E-state index is 12.7. The molecule has 2 fully saturated rings. The predicted octanol–water partition coefficient (Wildman–Crippen LogP) is 2.62. The number of anilines is 1. The highest BCUT2D eigenvalue weighted by Gasteiger charge is 2.27. The molecule has 0 radical (unpaired) electrons. The lowest BCUT2D eigenvalue weighted by Crippen LogP contribution is -2.53. The number of rotatable bonds is 6. The Bertz CT molecular complexity index is 578. The Morgan fingerprint density at radius 1 is 1.19 bits per heavy atom. The number of aryl methyl sites for hydroxylation is 1. The average molecular weight is 360 g/mol. The van der Waals surface area contributed by atoms with Crippen LogP contribution in [0.4, 0.5) is 5.69 Å². The lowest BCUT2D eigenvalue weighted by molar-refractivity contribution is -0.121. The molecule has 26 heavy (non-hydrogen) atoms. The summed E-state index contributed by atoms with van der Waals surface area (Å²) < 4.78 is 5.46. The Kier molecular flexibility index (Phi) is 7.06. The van der Waals surface area contributed by atoms with E-state index in [1.807, 2.05) is 25.1 Å². The second kappa shape index (κ2) is 9.49. The Balaban J connectivity index is 1.46. The van der Waals surface area contributed by atoms with Crippen molar-refractivity contribution in [3.05, 3.63) is 29.8 Å². The molecule has 1 aromatic carbocycles. The molecule has 2 heterocycles. The van der Waals surface area contributed by atoms with Crippen molar-refractivity contribution in [3.8, 4) is 0 Å². The molecule has 1 atom stereocenters. The van der Waals surface area contributed by atoms with Crippen LogP contribution in [-0.4, -0.2) is 67.7 Å². The molecule has 0 unspecified atom stereocenters. The molecule has 0 spiro atoms. The maximum absolute atomic E-state index is 12.7. The van der Waals surface area contributed by atoms with E-state index in [9.17, 15) is 4.79 Å². The summed E-state index contributed by atoms with van der Waals surface area (Å²) in [6, 6.07) is 7.99. The zero-order chi connectivity index (χ0) is 18.4. The minimum atomic E-state index is -0.0925. The number of hydrogen-bond acceptors (Lipinski definition) is 4. The fraction of sp³-hybridized carbons (Fsp3) is 0.667. The fourth-order valence-corrected chi connectivity index (χ4v) is 3.98. The number of piperazine rings is 1. The molecular formula is C21H33N3O2. The number of benzene rings is 1. The Morgan fingerprint density at radius 2 is 1.88 bits per heavy atom. The van der Waals surface area contributed by atoms with E-state index in [0.29, 0.717) is 0 Å². The number of carbonyl (C=O) groups excluding carboxylic acids is 1. The van der Waals surface area contributed by atoms with Crippen molar-refractivity contribution in [2.45, 2.75) is 39.2 Å². The molecule has 0 aromatic heterocycles. The van der Waals surface area contributed by atoms with Gasteiger partial charge in [0.05, 0.1) is 6.04 Å². The van der Waals surface area contributed by atoms with E-state index in [4.69, 9.17) is 4.74 Å². The second-order valence-corrected chi connectivity index (χ2v) is 7.57. The molecule has 3 rings (SSSR count). The van der Waals surface area contributed by atoms with E-state index >= 15 is 0 Å². The molecule has 5 heteroatoms. The van der Waals surface area contributed by atoms with Gasteiger partial charge in [-0.25, -0.2) is 0 Å². The van der Waals surface area contributed by atoms with Crippen molar-refractivity contribution in [2.75, 3.05) is 51.3 Å². The zero-order valence-electron chi connectivity index (χ0n) is 16.2. The number of nitrogens with one attached hydrogen (secondary N) is 1. The molecule has 144 valence electrons. The number of nitrogens with zero attached hydrogens (tertiary/aromatic N) is 2. The van der Waals surface area contributed by atoms with Crippen molar-refractivity contribution < 1.29 is 9.53 Å². The van der Waals surface area contributed by atoms with Gasteiger partial charge in [-0.3, -0.25) is 9.69 Å². The summed E-state index contributed by atoms with van der Waals surface area (Å²) in [5.74, 6) is 0.880. The number of ether oxygens (including phenoxy) is 1. The van der Waals surface area contributed by atoms with Crippen LogP contribution in [0.3, 0.4) is 0 Å². The van der Waals surface area contributed by atoms with Gasteiger partial charge in [0, 0.05) is 51.6 Å². The third-order valence-electron chi connectivity index (χ3n) is 5.85. The van der Waals surface area contributed by atoms with E-state index in [-0.39, 0.29) is 11.9 Å². The first kappa shape index (κ1) is 19.3. The summed E-state index contributed by atoms with van der Waals surface area (Å²) in [5.41, 5.74) is 2.14. The highest BCUT2D eigenvalue weighted by Crippen LogP contribution is 2.19. The molecule has 2 aliphatic rings. The highest BCUT2D eigenvalue weighted by molar-refractivity contribution is 5.95. The number of amides is 1. The van der Waals surface area contributed by atoms with Gasteiger partial charge in [0.1, 0.15) is 0 Å². The molecule has 1 amide bonds. The van der Waals surface area contributed by atoms with E-state index in [1.54, 1.807) is 0 Å². The molecule has 0 saturated carbocycles. The lowest BCUT2D eigenvalue weighted by atomic mass is 9.99. The molecule has 2 saturated heterocycles. The average Bonchev–Trinajstić information content (AvgIpc) is 2.69. The number of para-hydroxylation sites is 1. The van der Waals surface area contributed by atoms with Crippen LogP contribution in [0.15, 0.2) is 24.3 Å². The van der Waals surface area contributed by atoms with Crippen LogP contribution in [0.5, 0.6) is 0 Å². The normalized spacial score (nSPS) is 21.5. The Hall–Kier alpha value is -1.43. The largest absolute Gasteiger partial charge is 0.381 e. The first-order valence-electron chi connectivity index (χ1n) is 10.1. The monoisotopic (exact) mass is 359 g/mol. The maximum Gasteiger partial charge on any atom is 0.241 e. The molecule has 2 aliphatic heterocycles. The Labute approximate surface area is 157 Å². The van der Waals surface area contributed by atoms with Gasteiger partial charge >= 0.3 is 0 Å². The summed E-state index contributed by atoms with van der Waals surface area (Å²) in [6.45, 7) is 11.2. The van der Waals surface area contributed by atoms with Gasteiger partial charge in [-0.05, 0) is 43.7 Å². The SMILES string of the molecule is CCc1ccccc1NC(=O)[C@@H](C)N1CCN(CC2CCOCC2)CC1. The summed E-state index contributed by atoms with van der Waals surface area (Å²) in [7, 11) is 0. The second-order valence-electron chi connectivity index (χ2n) is 7.57. The van der Waals surface area contributed by atoms with Crippen LogP contribution >= 0.6 is 0 Å². The van der Waals surface area contributed by atoms with Crippen molar-refractivity contribution >= 4 is 11.6 Å². The van der Waals surface area contributed by atoms with Crippen LogP contribution in [0.1, 0.15) is 32.3 Å². The molecular weight excluding hydrogens is 326 g/mol. The van der Waals surface area contributed by atoms with Crippen LogP contribution < -0.4 is 5.32 Å². The van der Waals surface area contributed by atoms with Gasteiger partial charge in [-0.2, -0.15) is 0 Å². The van der Waals surface area contributed by atoms with Crippen molar-refractivity contribution in [1.82, 2.24) is 9.80 Å². The standard InChI is InChI=1S/C21H33N3O2/c1-3-19-6-4-5-7-20(19)22-21(25)17(2)24-12-10-23(11-13-24)16-18-8-14-26-15-9-18/h4-7,17-18H,3,8-16H2,1-2H3,(H,22,25)/t17-/m1/s1. The smallest absolute Gasteiger partial charge is 0.241 e. The summed E-state index contributed by atoms with van der Waals surface area (Å²) in [6.07, 6.45) is 3.31. The van der Waals surface area contributed by atoms with E-state index in [2.05, 4.69) is 28.1 Å². The molecule has 1 aromatic rings. The summed E-state index contributed by atoms with van der Waals surface area (Å²) in [4.78, 5) is 17.6. The minimum absolute atomic E-state index is 0.0925. The third-order valence-corrected chi connectivity index (χ3v) is 5.85. The van der Waals surface area contributed by atoms with E-state index in [0.717, 1.165) is 57.4 Å². The predicted molar refractivity (Wildman–Crippen MR) is 105 cm³/mol. The number of hydrogen-bond donors (Lipinski definition) is 1. The molecule has 5 nitrogen and oxygen atoms in total. The Morgan fingerprint density at radius 3 is 2.58 bits per heavy atom. The van der Waals surface area contributed by atoms with E-state index < -0.39 is 0 Å². The molecule has 1 N–H and O–H groups in total. The first-order chi connectivity index (χ1) is 12.7. The topological polar surface area (TPSA) is 44.8 Å². The van der Waals surface area contributed by atoms with Crippen molar-refractivity contribution in [3.63, 3.8) is 0 Å². The number of carbonyl (C=O) groups is 1.